The molecule has 5 rings (SSSR count). The van der Waals surface area contributed by atoms with Gasteiger partial charge in [0.05, 0.1) is 16.8 Å². The number of hydrogen-bond donors (Lipinski definition) is 1. The second kappa shape index (κ2) is 6.62. The first-order chi connectivity index (χ1) is 14.4. The topological polar surface area (TPSA) is 58.2 Å². The van der Waals surface area contributed by atoms with Crippen LogP contribution >= 0.6 is 0 Å². The maximum Gasteiger partial charge on any atom is 0.416 e. The minimum atomic E-state index is -4.40. The number of aromatic nitrogens is 2. The number of nitrogens with one attached hydrogen (secondary N) is 1. The Morgan fingerprint density at radius 2 is 1.83 bits per heavy atom. The standard InChI is InChI=1S/C22H18F3N3O2/c23-22(24,25)15-5-3-4-14(12-15)18-13-26-20(27-18)28-10-8-21(9-11-28)17-7-2-1-6-16(17)19(29)30-21/h1-7,12-13H,8-11H2,(H,26,27). The average Bonchev–Trinajstić information content (AvgIpc) is 3.33. The van der Waals surface area contributed by atoms with E-state index < -0.39 is 17.3 Å². The minimum Gasteiger partial charge on any atom is -0.450 e. The molecule has 0 atom stereocenters. The molecule has 0 unspecified atom stereocenters. The van der Waals surface area contributed by atoms with Gasteiger partial charge in [0.2, 0.25) is 5.95 Å². The monoisotopic (exact) mass is 413 g/mol. The van der Waals surface area contributed by atoms with E-state index in [0.29, 0.717) is 48.7 Å². The highest BCUT2D eigenvalue weighted by molar-refractivity contribution is 5.94. The van der Waals surface area contributed by atoms with Crippen LogP contribution in [-0.4, -0.2) is 29.0 Å². The second-order valence-corrected chi connectivity index (χ2v) is 7.60. The number of anilines is 1. The van der Waals surface area contributed by atoms with Gasteiger partial charge in [-0.3, -0.25) is 0 Å². The van der Waals surface area contributed by atoms with Crippen LogP contribution in [-0.2, 0) is 16.5 Å². The third-order valence-corrected chi connectivity index (χ3v) is 5.85. The van der Waals surface area contributed by atoms with Crippen LogP contribution in [0.1, 0.15) is 34.3 Å². The van der Waals surface area contributed by atoms with E-state index in [9.17, 15) is 18.0 Å². The highest BCUT2D eigenvalue weighted by Crippen LogP contribution is 2.44. The van der Waals surface area contributed by atoms with Gasteiger partial charge in [0.1, 0.15) is 5.60 Å². The molecule has 1 spiro atoms. The van der Waals surface area contributed by atoms with Crippen LogP contribution in [0, 0.1) is 0 Å². The summed E-state index contributed by atoms with van der Waals surface area (Å²) in [5, 5.41) is 0. The van der Waals surface area contributed by atoms with Gasteiger partial charge in [-0.25, -0.2) is 9.78 Å². The fourth-order valence-corrected chi connectivity index (χ4v) is 4.27. The summed E-state index contributed by atoms with van der Waals surface area (Å²) < 4.78 is 44.7. The number of imidazole rings is 1. The summed E-state index contributed by atoms with van der Waals surface area (Å²) in [4.78, 5) is 21.8. The van der Waals surface area contributed by atoms with Crippen molar-refractivity contribution >= 4 is 11.9 Å². The molecule has 8 heteroatoms. The number of aromatic amines is 1. The molecule has 2 aromatic carbocycles. The number of halogens is 3. The minimum absolute atomic E-state index is 0.288. The normalized spacial score (nSPS) is 17.8. The van der Waals surface area contributed by atoms with Crippen LogP contribution in [0.15, 0.2) is 54.7 Å². The van der Waals surface area contributed by atoms with Crippen molar-refractivity contribution in [1.82, 2.24) is 9.97 Å². The van der Waals surface area contributed by atoms with Crippen molar-refractivity contribution < 1.29 is 22.7 Å². The zero-order valence-corrected chi connectivity index (χ0v) is 15.9. The number of nitrogens with zero attached hydrogens (tertiary/aromatic N) is 2. The third-order valence-electron chi connectivity index (χ3n) is 5.85. The number of H-pyrrole nitrogens is 1. The molecule has 0 bridgehead atoms. The van der Waals surface area contributed by atoms with Gasteiger partial charge < -0.3 is 14.6 Å². The van der Waals surface area contributed by atoms with E-state index in [4.69, 9.17) is 4.74 Å². The van der Waals surface area contributed by atoms with Crippen molar-refractivity contribution in [3.63, 3.8) is 0 Å². The van der Waals surface area contributed by atoms with Gasteiger partial charge in [-0.05, 0) is 18.2 Å². The molecule has 3 aromatic rings. The van der Waals surface area contributed by atoms with Crippen molar-refractivity contribution in [2.24, 2.45) is 0 Å². The summed E-state index contributed by atoms with van der Waals surface area (Å²) in [6, 6.07) is 12.6. The fraction of sp³-hybridized carbons (Fsp3) is 0.273. The maximum atomic E-state index is 13.0. The predicted molar refractivity (Wildman–Crippen MR) is 104 cm³/mol. The lowest BCUT2D eigenvalue weighted by Gasteiger charge is -2.38. The Morgan fingerprint density at radius 1 is 1.07 bits per heavy atom. The van der Waals surface area contributed by atoms with Crippen molar-refractivity contribution in [2.45, 2.75) is 24.6 Å². The Morgan fingerprint density at radius 3 is 2.60 bits per heavy atom. The zero-order chi connectivity index (χ0) is 20.9. The van der Waals surface area contributed by atoms with E-state index in [-0.39, 0.29) is 5.97 Å². The van der Waals surface area contributed by atoms with E-state index in [1.807, 2.05) is 23.1 Å². The number of carbonyl (C=O) groups excluding carboxylic acids is 1. The SMILES string of the molecule is O=C1OC2(CCN(c3nc(-c4cccc(C(F)(F)F)c4)c[nH]3)CC2)c2ccccc21. The number of hydrogen-bond acceptors (Lipinski definition) is 4. The predicted octanol–water partition coefficient (Wildman–Crippen LogP) is 4.76. The second-order valence-electron chi connectivity index (χ2n) is 7.60. The van der Waals surface area contributed by atoms with Gasteiger partial charge in [0.15, 0.2) is 0 Å². The Labute approximate surface area is 170 Å². The molecule has 0 saturated carbocycles. The van der Waals surface area contributed by atoms with Crippen molar-refractivity contribution in [2.75, 3.05) is 18.0 Å². The molecule has 30 heavy (non-hydrogen) atoms. The van der Waals surface area contributed by atoms with Crippen LogP contribution < -0.4 is 4.90 Å². The number of carbonyl (C=O) groups is 1. The van der Waals surface area contributed by atoms with Crippen molar-refractivity contribution in [1.29, 1.82) is 0 Å². The lowest BCUT2D eigenvalue weighted by atomic mass is 9.84. The van der Waals surface area contributed by atoms with Gasteiger partial charge in [0, 0.05) is 43.3 Å². The van der Waals surface area contributed by atoms with Crippen LogP contribution in [0.4, 0.5) is 19.1 Å². The quantitative estimate of drug-likeness (QED) is 0.616. The van der Waals surface area contributed by atoms with Crippen LogP contribution in [0.25, 0.3) is 11.3 Å². The van der Waals surface area contributed by atoms with Crippen LogP contribution in [0.5, 0.6) is 0 Å². The summed E-state index contributed by atoms with van der Waals surface area (Å²) >= 11 is 0. The van der Waals surface area contributed by atoms with Gasteiger partial charge in [-0.1, -0.05) is 30.3 Å². The Balaban J connectivity index is 1.34. The third kappa shape index (κ3) is 3.03. The summed E-state index contributed by atoms with van der Waals surface area (Å²) in [7, 11) is 0. The number of benzene rings is 2. The molecule has 0 amide bonds. The highest BCUT2D eigenvalue weighted by Gasteiger charge is 2.47. The van der Waals surface area contributed by atoms with Gasteiger partial charge >= 0.3 is 12.1 Å². The first-order valence-corrected chi connectivity index (χ1v) is 9.67. The zero-order valence-electron chi connectivity index (χ0n) is 15.9. The van der Waals surface area contributed by atoms with Gasteiger partial charge in [0.25, 0.3) is 0 Å². The molecule has 5 nitrogen and oxygen atoms in total. The highest BCUT2D eigenvalue weighted by atomic mass is 19.4. The smallest absolute Gasteiger partial charge is 0.416 e. The number of alkyl halides is 3. The first-order valence-electron chi connectivity index (χ1n) is 9.67. The van der Waals surface area contributed by atoms with E-state index in [1.54, 1.807) is 18.3 Å². The molecular formula is C22H18F3N3O2. The number of ether oxygens (including phenoxy) is 1. The molecule has 2 aliphatic heterocycles. The van der Waals surface area contributed by atoms with Crippen molar-refractivity contribution in [3.8, 4) is 11.3 Å². The van der Waals surface area contributed by atoms with E-state index >= 15 is 0 Å². The summed E-state index contributed by atoms with van der Waals surface area (Å²) in [5.41, 5.74) is 1.09. The molecule has 1 saturated heterocycles. The maximum absolute atomic E-state index is 13.0. The van der Waals surface area contributed by atoms with E-state index in [0.717, 1.165) is 17.7 Å². The molecule has 1 N–H and O–H groups in total. The summed E-state index contributed by atoms with van der Waals surface area (Å²) in [6.07, 6.45) is -1.55. The Hall–Kier alpha value is -3.29. The molecule has 2 aliphatic rings. The average molecular weight is 413 g/mol. The Bertz CT molecular complexity index is 1110. The summed E-state index contributed by atoms with van der Waals surface area (Å²) in [6.45, 7) is 1.22. The van der Waals surface area contributed by atoms with Crippen LogP contribution in [0.2, 0.25) is 0 Å². The fourth-order valence-electron chi connectivity index (χ4n) is 4.27. The van der Waals surface area contributed by atoms with Gasteiger partial charge in [-0.2, -0.15) is 13.2 Å². The van der Waals surface area contributed by atoms with E-state index in [2.05, 4.69) is 9.97 Å². The molecule has 0 radical (unpaired) electrons. The number of fused-ring (bicyclic) bond motifs is 2. The van der Waals surface area contributed by atoms with Crippen LogP contribution in [0.3, 0.4) is 0 Å². The van der Waals surface area contributed by atoms with Crippen molar-refractivity contribution in [3.05, 3.63) is 71.4 Å². The lowest BCUT2D eigenvalue weighted by Crippen LogP contribution is -2.43. The first kappa shape index (κ1) is 18.7. The molecule has 3 heterocycles. The summed E-state index contributed by atoms with van der Waals surface area (Å²) in [5.74, 6) is 0.304. The number of piperidine rings is 1. The molecule has 1 aromatic heterocycles. The molecular weight excluding hydrogens is 395 g/mol. The van der Waals surface area contributed by atoms with Gasteiger partial charge in [-0.15, -0.1) is 0 Å². The number of rotatable bonds is 2. The van der Waals surface area contributed by atoms with E-state index in [1.165, 1.54) is 6.07 Å². The number of esters is 1. The molecule has 0 aliphatic carbocycles. The molecule has 1 fully saturated rings. The largest absolute Gasteiger partial charge is 0.450 e. The lowest BCUT2D eigenvalue weighted by molar-refractivity contribution is -0.137. The Kier molecular flexibility index (Phi) is 4.13. The molecule has 154 valence electrons.